The van der Waals surface area contributed by atoms with Crippen molar-refractivity contribution in [2.75, 3.05) is 47.5 Å². The molecule has 0 saturated carbocycles. The van der Waals surface area contributed by atoms with Crippen molar-refractivity contribution in [2.45, 2.75) is 64.4 Å². The Labute approximate surface area is 224 Å². The molecule has 0 bridgehead atoms. The first-order valence-electron chi connectivity index (χ1n) is 13.1. The zero-order chi connectivity index (χ0) is 27.8. The Kier molecular flexibility index (Phi) is 21.1. The Morgan fingerprint density at radius 1 is 0.838 bits per heavy atom. The number of esters is 1. The molecule has 0 aromatic carbocycles. The Balaban J connectivity index is 3.97. The van der Waals surface area contributed by atoms with E-state index >= 15 is 0 Å². The number of quaternary nitrogens is 1. The average molecular weight is 543 g/mol. The minimum atomic E-state index is -4.28. The maximum absolute atomic E-state index is 12.0. The molecule has 0 fully saturated rings. The highest BCUT2D eigenvalue weighted by atomic mass is 31.2. The van der Waals surface area contributed by atoms with E-state index in [-0.39, 0.29) is 13.0 Å². The van der Waals surface area contributed by atoms with E-state index in [2.05, 4.69) is 55.5 Å². The number of hydrogen-bond donors (Lipinski definition) is 2. The van der Waals surface area contributed by atoms with Crippen LogP contribution in [0.15, 0.2) is 60.8 Å². The first-order chi connectivity index (χ1) is 17.6. The Hall–Kier alpha value is -1.80. The first-order valence-corrected chi connectivity index (χ1v) is 14.6. The summed E-state index contributed by atoms with van der Waals surface area (Å²) in [5, 5.41) is 9.37. The Morgan fingerprint density at radius 3 is 1.78 bits per heavy atom. The number of hydrogen-bond acceptors (Lipinski definition) is 6. The molecular formula is C28H49NO7P+. The van der Waals surface area contributed by atoms with Crippen LogP contribution >= 0.6 is 7.82 Å². The molecule has 0 saturated heterocycles. The molecule has 212 valence electrons. The topological polar surface area (TPSA) is 102 Å². The molecule has 8 nitrogen and oxygen atoms in total. The fraction of sp³-hybridized carbons (Fsp3) is 0.607. The molecule has 0 heterocycles. The minimum Gasteiger partial charge on any atom is -0.457 e. The lowest BCUT2D eigenvalue weighted by atomic mass is 10.2. The van der Waals surface area contributed by atoms with Crippen molar-refractivity contribution in [1.29, 1.82) is 0 Å². The average Bonchev–Trinajstić information content (AvgIpc) is 2.82. The molecule has 0 aromatic rings. The number of carbonyl (C=O) groups excluding carboxylic acids is 1. The zero-order valence-electron chi connectivity index (χ0n) is 23.2. The second-order valence-corrected chi connectivity index (χ2v) is 11.0. The Morgan fingerprint density at radius 2 is 1.32 bits per heavy atom. The third-order valence-electron chi connectivity index (χ3n) is 4.83. The molecule has 0 aliphatic heterocycles. The molecule has 2 unspecified atom stereocenters. The number of phosphoric acid groups is 1. The van der Waals surface area contributed by atoms with Crippen LogP contribution in [-0.4, -0.2) is 74.1 Å². The van der Waals surface area contributed by atoms with Crippen LogP contribution < -0.4 is 0 Å². The van der Waals surface area contributed by atoms with Gasteiger partial charge in [0, 0.05) is 6.42 Å². The van der Waals surface area contributed by atoms with Crippen LogP contribution in [-0.2, 0) is 23.1 Å². The van der Waals surface area contributed by atoms with Gasteiger partial charge in [-0.1, -0.05) is 74.1 Å². The van der Waals surface area contributed by atoms with E-state index < -0.39 is 33.1 Å². The molecule has 0 aromatic heterocycles. The van der Waals surface area contributed by atoms with Gasteiger partial charge in [-0.15, -0.1) is 0 Å². The SMILES string of the molecule is CCC/C=C\C/C=C\C/C=C\C/C=C\C/C=C\CCC(=O)OC(CO)COP(=O)(O)OCC[N+](C)(C)C. The zero-order valence-corrected chi connectivity index (χ0v) is 24.1. The lowest BCUT2D eigenvalue weighted by Gasteiger charge is -2.24. The molecule has 2 atom stereocenters. The molecule has 0 aliphatic rings. The summed E-state index contributed by atoms with van der Waals surface area (Å²) in [4.78, 5) is 21.7. The molecule has 0 amide bonds. The molecule has 37 heavy (non-hydrogen) atoms. The van der Waals surface area contributed by atoms with Crippen molar-refractivity contribution >= 4 is 13.8 Å². The normalized spacial score (nSPS) is 15.5. The standard InChI is InChI=1S/C28H48NO7P/c1-5-6-7-8-9-10-11-12-13-14-15-16-17-18-19-20-21-22-28(31)36-27(25-30)26-35-37(32,33)34-24-23-29(2,3)4/h7-8,10-11,13-14,16-17,19-20,27,30H,5-6,9,12,15,18,21-26H2,1-4H3/p+1/b8-7-,11-10-,14-13-,17-16-,20-19-. The van der Waals surface area contributed by atoms with E-state index in [9.17, 15) is 19.4 Å². The van der Waals surface area contributed by atoms with Gasteiger partial charge < -0.3 is 19.2 Å². The number of unbranched alkanes of at least 4 members (excludes halogenated alkanes) is 1. The number of phosphoric ester groups is 1. The van der Waals surface area contributed by atoms with Gasteiger partial charge >= 0.3 is 13.8 Å². The molecule has 9 heteroatoms. The molecule has 0 aliphatic carbocycles. The summed E-state index contributed by atoms with van der Waals surface area (Å²) in [5.74, 6) is -0.516. The van der Waals surface area contributed by atoms with Gasteiger partial charge in [0.2, 0.25) is 0 Å². The molecular weight excluding hydrogens is 493 g/mol. The number of ether oxygens (including phenoxy) is 1. The summed E-state index contributed by atoms with van der Waals surface area (Å²) in [6.45, 7) is 1.78. The second-order valence-electron chi connectivity index (χ2n) is 9.53. The van der Waals surface area contributed by atoms with E-state index in [0.717, 1.165) is 32.1 Å². The van der Waals surface area contributed by atoms with Crippen LogP contribution in [0, 0.1) is 0 Å². The molecule has 0 radical (unpaired) electrons. The number of rotatable bonds is 22. The smallest absolute Gasteiger partial charge is 0.457 e. The largest absolute Gasteiger partial charge is 0.472 e. The monoisotopic (exact) mass is 542 g/mol. The van der Waals surface area contributed by atoms with Gasteiger partial charge in [0.05, 0.1) is 34.4 Å². The van der Waals surface area contributed by atoms with Gasteiger partial charge in [-0.25, -0.2) is 4.57 Å². The van der Waals surface area contributed by atoms with Crippen LogP contribution in [0.25, 0.3) is 0 Å². The Bertz CT molecular complexity index is 782. The predicted molar refractivity (Wildman–Crippen MR) is 150 cm³/mol. The summed E-state index contributed by atoms with van der Waals surface area (Å²) < 4.78 is 27.3. The summed E-state index contributed by atoms with van der Waals surface area (Å²) in [6, 6.07) is 0. The lowest BCUT2D eigenvalue weighted by molar-refractivity contribution is -0.870. The predicted octanol–water partition coefficient (Wildman–Crippen LogP) is 5.65. The van der Waals surface area contributed by atoms with Crippen molar-refractivity contribution < 1.29 is 37.6 Å². The van der Waals surface area contributed by atoms with Crippen LogP contribution in [0.1, 0.15) is 58.3 Å². The van der Waals surface area contributed by atoms with E-state index in [0.29, 0.717) is 17.4 Å². The van der Waals surface area contributed by atoms with Crippen LogP contribution in [0.2, 0.25) is 0 Å². The van der Waals surface area contributed by atoms with Gasteiger partial charge in [-0.05, 0) is 38.5 Å². The van der Waals surface area contributed by atoms with Crippen LogP contribution in [0.5, 0.6) is 0 Å². The van der Waals surface area contributed by atoms with Crippen molar-refractivity contribution in [3.63, 3.8) is 0 Å². The van der Waals surface area contributed by atoms with Gasteiger partial charge in [-0.2, -0.15) is 0 Å². The minimum absolute atomic E-state index is 0.0359. The number of likely N-dealkylation sites (N-methyl/N-ethyl adjacent to an activating group) is 1. The van der Waals surface area contributed by atoms with Crippen molar-refractivity contribution in [2.24, 2.45) is 0 Å². The highest BCUT2D eigenvalue weighted by Crippen LogP contribution is 2.43. The van der Waals surface area contributed by atoms with Crippen molar-refractivity contribution in [3.8, 4) is 0 Å². The lowest BCUT2D eigenvalue weighted by Crippen LogP contribution is -2.37. The van der Waals surface area contributed by atoms with Crippen LogP contribution in [0.4, 0.5) is 0 Å². The quantitative estimate of drug-likeness (QED) is 0.0789. The summed E-state index contributed by atoms with van der Waals surface area (Å²) in [6.07, 6.45) is 26.7. The summed E-state index contributed by atoms with van der Waals surface area (Å²) in [5.41, 5.74) is 0. The number of aliphatic hydroxyl groups is 1. The number of aliphatic hydroxyl groups excluding tert-OH is 1. The van der Waals surface area contributed by atoms with Crippen molar-refractivity contribution in [1.82, 2.24) is 0 Å². The number of allylic oxidation sites excluding steroid dienone is 10. The highest BCUT2D eigenvalue weighted by molar-refractivity contribution is 7.47. The van der Waals surface area contributed by atoms with Crippen LogP contribution in [0.3, 0.4) is 0 Å². The highest BCUT2D eigenvalue weighted by Gasteiger charge is 2.25. The summed E-state index contributed by atoms with van der Waals surface area (Å²) >= 11 is 0. The number of carbonyl (C=O) groups is 1. The van der Waals surface area contributed by atoms with Crippen molar-refractivity contribution in [3.05, 3.63) is 60.8 Å². The van der Waals surface area contributed by atoms with Gasteiger partial charge in [-0.3, -0.25) is 13.8 Å². The van der Waals surface area contributed by atoms with Gasteiger partial charge in [0.25, 0.3) is 0 Å². The van der Waals surface area contributed by atoms with E-state index in [1.54, 1.807) is 0 Å². The maximum Gasteiger partial charge on any atom is 0.472 e. The van der Waals surface area contributed by atoms with Gasteiger partial charge in [0.15, 0.2) is 0 Å². The van der Waals surface area contributed by atoms with E-state index in [4.69, 9.17) is 13.8 Å². The first kappa shape index (κ1) is 35.2. The van der Waals surface area contributed by atoms with Gasteiger partial charge in [0.1, 0.15) is 19.3 Å². The fourth-order valence-electron chi connectivity index (χ4n) is 2.70. The molecule has 2 N–H and O–H groups in total. The summed E-state index contributed by atoms with van der Waals surface area (Å²) in [7, 11) is 1.49. The second kappa shape index (κ2) is 22.2. The maximum atomic E-state index is 12.0. The van der Waals surface area contributed by atoms with E-state index in [1.165, 1.54) is 6.42 Å². The fourth-order valence-corrected chi connectivity index (χ4v) is 3.44. The third-order valence-corrected chi connectivity index (χ3v) is 5.82. The molecule has 0 rings (SSSR count). The molecule has 0 spiro atoms. The third kappa shape index (κ3) is 25.6. The van der Waals surface area contributed by atoms with E-state index in [1.807, 2.05) is 33.3 Å². The number of nitrogens with zero attached hydrogens (tertiary/aromatic N) is 1.